The average Bonchev–Trinajstić information content (AvgIpc) is 2.58. The number of hydrogen-bond donors (Lipinski definition) is 2. The SMILES string of the molecule is COc1ccccc1CCC(=O)NNC(=O)c1ccccc1Cl. The van der Waals surface area contributed by atoms with Crippen molar-refractivity contribution in [3.05, 3.63) is 64.7 Å². The summed E-state index contributed by atoms with van der Waals surface area (Å²) in [4.78, 5) is 23.8. The molecule has 2 amide bonds. The summed E-state index contributed by atoms with van der Waals surface area (Å²) in [6.45, 7) is 0. The predicted molar refractivity (Wildman–Crippen MR) is 88.4 cm³/mol. The van der Waals surface area contributed by atoms with Gasteiger partial charge in [0.15, 0.2) is 0 Å². The molecule has 0 bridgehead atoms. The molecule has 2 aromatic carbocycles. The van der Waals surface area contributed by atoms with Gasteiger partial charge in [0.25, 0.3) is 5.91 Å². The highest BCUT2D eigenvalue weighted by atomic mass is 35.5. The maximum absolute atomic E-state index is 11.9. The molecule has 2 N–H and O–H groups in total. The molecule has 0 aliphatic heterocycles. The molecule has 0 spiro atoms. The topological polar surface area (TPSA) is 67.4 Å². The number of hydrogen-bond acceptors (Lipinski definition) is 3. The summed E-state index contributed by atoms with van der Waals surface area (Å²) in [7, 11) is 1.59. The van der Waals surface area contributed by atoms with E-state index < -0.39 is 5.91 Å². The molecule has 2 rings (SSSR count). The van der Waals surface area contributed by atoms with Gasteiger partial charge in [0.2, 0.25) is 5.91 Å². The van der Waals surface area contributed by atoms with Gasteiger partial charge < -0.3 is 4.74 Å². The summed E-state index contributed by atoms with van der Waals surface area (Å²) < 4.78 is 5.23. The monoisotopic (exact) mass is 332 g/mol. The summed E-state index contributed by atoms with van der Waals surface area (Å²) in [5, 5.41) is 0.327. The van der Waals surface area contributed by atoms with Crippen LogP contribution in [0.3, 0.4) is 0 Å². The maximum atomic E-state index is 11.9. The lowest BCUT2D eigenvalue weighted by molar-refractivity contribution is -0.121. The summed E-state index contributed by atoms with van der Waals surface area (Å²) in [6.07, 6.45) is 0.737. The van der Waals surface area contributed by atoms with Crippen molar-refractivity contribution in [3.63, 3.8) is 0 Å². The van der Waals surface area contributed by atoms with Gasteiger partial charge in [0.1, 0.15) is 5.75 Å². The molecule has 23 heavy (non-hydrogen) atoms. The van der Waals surface area contributed by atoms with E-state index in [0.29, 0.717) is 17.0 Å². The number of methoxy groups -OCH3 is 1. The zero-order chi connectivity index (χ0) is 16.7. The van der Waals surface area contributed by atoms with E-state index >= 15 is 0 Å². The van der Waals surface area contributed by atoms with Gasteiger partial charge in [-0.2, -0.15) is 0 Å². The van der Waals surface area contributed by atoms with Crippen LogP contribution < -0.4 is 15.6 Å². The number of carbonyl (C=O) groups excluding carboxylic acids is 2. The van der Waals surface area contributed by atoms with E-state index in [1.165, 1.54) is 0 Å². The number of halogens is 1. The third-order valence-electron chi connectivity index (χ3n) is 3.25. The predicted octanol–water partition coefficient (Wildman–Crippen LogP) is 2.74. The van der Waals surface area contributed by atoms with Crippen molar-refractivity contribution in [3.8, 4) is 5.75 Å². The van der Waals surface area contributed by atoms with E-state index in [0.717, 1.165) is 11.3 Å². The van der Waals surface area contributed by atoms with Crippen LogP contribution in [0.5, 0.6) is 5.75 Å². The molecule has 0 aliphatic rings. The highest BCUT2D eigenvalue weighted by molar-refractivity contribution is 6.33. The van der Waals surface area contributed by atoms with Crippen molar-refractivity contribution in [2.75, 3.05) is 7.11 Å². The largest absolute Gasteiger partial charge is 0.496 e. The fourth-order valence-electron chi connectivity index (χ4n) is 2.06. The molecule has 120 valence electrons. The van der Waals surface area contributed by atoms with Gasteiger partial charge in [-0.3, -0.25) is 20.4 Å². The highest BCUT2D eigenvalue weighted by Gasteiger charge is 2.11. The Morgan fingerprint density at radius 1 is 1.04 bits per heavy atom. The first-order valence-corrected chi connectivity index (χ1v) is 7.45. The van der Waals surface area contributed by atoms with Crippen LogP contribution >= 0.6 is 11.6 Å². The molecular formula is C17H17ClN2O3. The Morgan fingerprint density at radius 3 is 2.48 bits per heavy atom. The lowest BCUT2D eigenvalue weighted by atomic mass is 10.1. The number of carbonyl (C=O) groups is 2. The molecule has 5 nitrogen and oxygen atoms in total. The van der Waals surface area contributed by atoms with E-state index in [9.17, 15) is 9.59 Å². The van der Waals surface area contributed by atoms with Gasteiger partial charge in [0.05, 0.1) is 17.7 Å². The minimum atomic E-state index is -0.457. The Morgan fingerprint density at radius 2 is 1.74 bits per heavy atom. The average molecular weight is 333 g/mol. The first-order valence-electron chi connectivity index (χ1n) is 7.07. The second kappa shape index (κ2) is 8.19. The van der Waals surface area contributed by atoms with Crippen LogP contribution in [0.4, 0.5) is 0 Å². The zero-order valence-electron chi connectivity index (χ0n) is 12.6. The van der Waals surface area contributed by atoms with Crippen molar-refractivity contribution < 1.29 is 14.3 Å². The van der Waals surface area contributed by atoms with Crippen LogP contribution in [0.2, 0.25) is 5.02 Å². The Kier molecular flexibility index (Phi) is 6.00. The zero-order valence-corrected chi connectivity index (χ0v) is 13.4. The van der Waals surface area contributed by atoms with Crippen LogP contribution in [0.25, 0.3) is 0 Å². The number of ether oxygens (including phenoxy) is 1. The molecule has 0 radical (unpaired) electrons. The van der Waals surface area contributed by atoms with Gasteiger partial charge in [-0.05, 0) is 30.2 Å². The van der Waals surface area contributed by atoms with Gasteiger partial charge in [-0.25, -0.2) is 0 Å². The molecule has 0 aromatic heterocycles. The molecule has 0 heterocycles. The van der Waals surface area contributed by atoms with Crippen molar-refractivity contribution in [1.29, 1.82) is 0 Å². The normalized spacial score (nSPS) is 10.0. The molecular weight excluding hydrogens is 316 g/mol. The molecule has 0 unspecified atom stereocenters. The van der Waals surface area contributed by atoms with Crippen molar-refractivity contribution >= 4 is 23.4 Å². The highest BCUT2D eigenvalue weighted by Crippen LogP contribution is 2.18. The van der Waals surface area contributed by atoms with Gasteiger partial charge in [-0.1, -0.05) is 41.9 Å². The fraction of sp³-hybridized carbons (Fsp3) is 0.176. The van der Waals surface area contributed by atoms with Crippen LogP contribution in [0.1, 0.15) is 22.3 Å². The van der Waals surface area contributed by atoms with Gasteiger partial charge in [0, 0.05) is 6.42 Å². The van der Waals surface area contributed by atoms with E-state index in [2.05, 4.69) is 10.9 Å². The molecule has 0 aliphatic carbocycles. The Hall–Kier alpha value is -2.53. The minimum absolute atomic E-state index is 0.225. The molecule has 0 fully saturated rings. The number of para-hydroxylation sites is 1. The smallest absolute Gasteiger partial charge is 0.271 e. The van der Waals surface area contributed by atoms with Crippen LogP contribution in [-0.4, -0.2) is 18.9 Å². The third kappa shape index (κ3) is 4.72. The number of benzene rings is 2. The summed E-state index contributed by atoms with van der Waals surface area (Å²) in [5.41, 5.74) is 5.97. The fourth-order valence-corrected chi connectivity index (χ4v) is 2.28. The van der Waals surface area contributed by atoms with E-state index in [4.69, 9.17) is 16.3 Å². The first kappa shape index (κ1) is 16.8. The van der Waals surface area contributed by atoms with Gasteiger partial charge >= 0.3 is 0 Å². The summed E-state index contributed by atoms with van der Waals surface area (Å²) >= 11 is 5.92. The second-order valence-electron chi connectivity index (χ2n) is 4.79. The number of amides is 2. The molecule has 0 saturated heterocycles. The van der Waals surface area contributed by atoms with Crippen molar-refractivity contribution in [2.24, 2.45) is 0 Å². The van der Waals surface area contributed by atoms with Crippen LogP contribution in [0, 0.1) is 0 Å². The molecule has 0 atom stereocenters. The number of nitrogens with one attached hydrogen (secondary N) is 2. The second-order valence-corrected chi connectivity index (χ2v) is 5.20. The van der Waals surface area contributed by atoms with E-state index in [-0.39, 0.29) is 12.3 Å². The van der Waals surface area contributed by atoms with E-state index in [1.807, 2.05) is 24.3 Å². The quantitative estimate of drug-likeness (QED) is 0.827. The lowest BCUT2D eigenvalue weighted by Gasteiger charge is -2.10. The summed E-state index contributed by atoms with van der Waals surface area (Å²) in [6, 6.07) is 14.1. The van der Waals surface area contributed by atoms with Crippen LogP contribution in [0.15, 0.2) is 48.5 Å². The number of aryl methyl sites for hydroxylation is 1. The molecule has 0 saturated carbocycles. The van der Waals surface area contributed by atoms with Crippen molar-refractivity contribution in [2.45, 2.75) is 12.8 Å². The first-order chi connectivity index (χ1) is 11.1. The lowest BCUT2D eigenvalue weighted by Crippen LogP contribution is -2.41. The third-order valence-corrected chi connectivity index (χ3v) is 3.58. The van der Waals surface area contributed by atoms with E-state index in [1.54, 1.807) is 31.4 Å². The van der Waals surface area contributed by atoms with Crippen molar-refractivity contribution in [1.82, 2.24) is 10.9 Å². The minimum Gasteiger partial charge on any atom is -0.496 e. The standard InChI is InChI=1S/C17H17ClN2O3/c1-23-15-9-5-2-6-12(15)10-11-16(21)19-20-17(22)13-7-3-4-8-14(13)18/h2-9H,10-11H2,1H3,(H,19,21)(H,20,22). The number of hydrazine groups is 1. The Bertz CT molecular complexity index is 704. The van der Waals surface area contributed by atoms with Crippen LogP contribution in [-0.2, 0) is 11.2 Å². The van der Waals surface area contributed by atoms with Gasteiger partial charge in [-0.15, -0.1) is 0 Å². The Labute approximate surface area is 139 Å². The molecule has 6 heteroatoms. The maximum Gasteiger partial charge on any atom is 0.271 e. The molecule has 2 aromatic rings. The number of rotatable bonds is 5. The Balaban J connectivity index is 1.84. The summed E-state index contributed by atoms with van der Waals surface area (Å²) in [5.74, 6) is -0.0158.